The number of aryl methyl sites for hydroxylation is 1. The fraction of sp³-hybridized carbons (Fsp3) is 0.167. The van der Waals surface area contributed by atoms with E-state index in [1.807, 2.05) is 56.3 Å². The molecule has 3 rings (SSSR count). The molecule has 0 unspecified atom stereocenters. The van der Waals surface area contributed by atoms with Crippen molar-refractivity contribution in [2.45, 2.75) is 13.8 Å². The summed E-state index contributed by atoms with van der Waals surface area (Å²) in [6.45, 7) is 3.98. The van der Waals surface area contributed by atoms with Gasteiger partial charge in [0, 0.05) is 23.1 Å². The highest BCUT2D eigenvalue weighted by atomic mass is 16.5. The quantitative estimate of drug-likeness (QED) is 0.792. The number of nitrogens with one attached hydrogen (secondary N) is 1. The smallest absolute Gasteiger partial charge is 0.180 e. The molecule has 2 aromatic heterocycles. The number of rotatable bonds is 4. The van der Waals surface area contributed by atoms with Crippen molar-refractivity contribution < 1.29 is 4.74 Å². The Bertz CT molecular complexity index is 801. The molecule has 0 saturated carbocycles. The SMILES string of the molecule is COc1ccc(Nc2nc(-c3ccccn3)nc(C)c2C)cc1. The largest absolute Gasteiger partial charge is 0.497 e. The molecule has 2 heterocycles. The number of methoxy groups -OCH3 is 1. The molecule has 1 aromatic carbocycles. The minimum absolute atomic E-state index is 0.615. The van der Waals surface area contributed by atoms with E-state index in [9.17, 15) is 0 Å². The summed E-state index contributed by atoms with van der Waals surface area (Å²) >= 11 is 0. The van der Waals surface area contributed by atoms with Crippen molar-refractivity contribution >= 4 is 11.5 Å². The lowest BCUT2D eigenvalue weighted by Crippen LogP contribution is -2.03. The molecular formula is C18H18N4O. The van der Waals surface area contributed by atoms with E-state index in [0.717, 1.165) is 34.2 Å². The Morgan fingerprint density at radius 3 is 2.39 bits per heavy atom. The van der Waals surface area contributed by atoms with Crippen LogP contribution in [0, 0.1) is 13.8 Å². The summed E-state index contributed by atoms with van der Waals surface area (Å²) in [5.41, 5.74) is 3.64. The lowest BCUT2D eigenvalue weighted by Gasteiger charge is -2.12. The second-order valence-corrected chi connectivity index (χ2v) is 5.17. The maximum Gasteiger partial charge on any atom is 0.180 e. The molecule has 0 atom stereocenters. The third-order valence-electron chi connectivity index (χ3n) is 3.64. The maximum atomic E-state index is 5.18. The van der Waals surface area contributed by atoms with Gasteiger partial charge in [0.15, 0.2) is 5.82 Å². The molecule has 23 heavy (non-hydrogen) atoms. The van der Waals surface area contributed by atoms with Crippen molar-refractivity contribution in [1.29, 1.82) is 0 Å². The predicted octanol–water partition coefficient (Wildman–Crippen LogP) is 3.91. The van der Waals surface area contributed by atoms with Crippen LogP contribution in [0.5, 0.6) is 5.75 Å². The molecule has 0 saturated heterocycles. The predicted molar refractivity (Wildman–Crippen MR) is 91.0 cm³/mol. The monoisotopic (exact) mass is 306 g/mol. The van der Waals surface area contributed by atoms with Crippen LogP contribution in [-0.2, 0) is 0 Å². The van der Waals surface area contributed by atoms with Gasteiger partial charge in [-0.2, -0.15) is 0 Å². The number of aromatic nitrogens is 3. The standard InChI is InChI=1S/C18H18N4O/c1-12-13(2)20-18(16-6-4-5-11-19-16)22-17(12)21-14-7-9-15(23-3)10-8-14/h4-11H,1-3H3,(H,20,21,22). The second-order valence-electron chi connectivity index (χ2n) is 5.17. The van der Waals surface area contributed by atoms with E-state index < -0.39 is 0 Å². The van der Waals surface area contributed by atoms with Crippen LogP contribution in [0.2, 0.25) is 0 Å². The highest BCUT2D eigenvalue weighted by Gasteiger charge is 2.10. The lowest BCUT2D eigenvalue weighted by atomic mass is 10.2. The fourth-order valence-corrected chi connectivity index (χ4v) is 2.17. The minimum Gasteiger partial charge on any atom is -0.497 e. The van der Waals surface area contributed by atoms with Crippen LogP contribution in [0.4, 0.5) is 11.5 Å². The third kappa shape index (κ3) is 3.29. The van der Waals surface area contributed by atoms with Crippen LogP contribution in [0.15, 0.2) is 48.7 Å². The Labute approximate surface area is 135 Å². The van der Waals surface area contributed by atoms with Gasteiger partial charge in [-0.1, -0.05) is 6.07 Å². The van der Waals surface area contributed by atoms with Crippen LogP contribution in [0.3, 0.4) is 0 Å². The molecule has 0 aliphatic heterocycles. The number of hydrogen-bond acceptors (Lipinski definition) is 5. The lowest BCUT2D eigenvalue weighted by molar-refractivity contribution is 0.415. The second kappa shape index (κ2) is 6.44. The zero-order valence-corrected chi connectivity index (χ0v) is 13.4. The maximum absolute atomic E-state index is 5.18. The molecule has 3 aromatic rings. The Balaban J connectivity index is 1.96. The third-order valence-corrected chi connectivity index (χ3v) is 3.64. The summed E-state index contributed by atoms with van der Waals surface area (Å²) in [5, 5.41) is 3.34. The van der Waals surface area contributed by atoms with E-state index in [0.29, 0.717) is 5.82 Å². The molecule has 0 fully saturated rings. The summed E-state index contributed by atoms with van der Waals surface area (Å²) in [7, 11) is 1.65. The Morgan fingerprint density at radius 2 is 1.74 bits per heavy atom. The fourth-order valence-electron chi connectivity index (χ4n) is 2.17. The van der Waals surface area contributed by atoms with Crippen molar-refractivity contribution in [3.8, 4) is 17.3 Å². The molecule has 116 valence electrons. The summed E-state index contributed by atoms with van der Waals surface area (Å²) in [6.07, 6.45) is 1.74. The molecule has 0 amide bonds. The number of ether oxygens (including phenoxy) is 1. The molecule has 0 spiro atoms. The van der Waals surface area contributed by atoms with E-state index in [1.165, 1.54) is 0 Å². The van der Waals surface area contributed by atoms with E-state index in [-0.39, 0.29) is 0 Å². The van der Waals surface area contributed by atoms with Crippen LogP contribution < -0.4 is 10.1 Å². The topological polar surface area (TPSA) is 59.9 Å². The van der Waals surface area contributed by atoms with Crippen LogP contribution in [0.1, 0.15) is 11.3 Å². The highest BCUT2D eigenvalue weighted by molar-refractivity contribution is 5.63. The molecule has 5 nitrogen and oxygen atoms in total. The number of pyridine rings is 1. The van der Waals surface area contributed by atoms with Gasteiger partial charge in [0.05, 0.1) is 7.11 Å². The molecule has 5 heteroatoms. The average molecular weight is 306 g/mol. The van der Waals surface area contributed by atoms with Gasteiger partial charge < -0.3 is 10.1 Å². The molecule has 0 aliphatic rings. The van der Waals surface area contributed by atoms with E-state index >= 15 is 0 Å². The van der Waals surface area contributed by atoms with E-state index in [2.05, 4.69) is 20.3 Å². The molecule has 1 N–H and O–H groups in total. The van der Waals surface area contributed by atoms with Gasteiger partial charge in [-0.25, -0.2) is 9.97 Å². The van der Waals surface area contributed by atoms with Crippen molar-refractivity contribution in [2.24, 2.45) is 0 Å². The first-order valence-electron chi connectivity index (χ1n) is 7.35. The number of anilines is 2. The molecule has 0 aliphatic carbocycles. The van der Waals surface area contributed by atoms with Crippen LogP contribution >= 0.6 is 0 Å². The van der Waals surface area contributed by atoms with Gasteiger partial charge in [-0.05, 0) is 50.2 Å². The van der Waals surface area contributed by atoms with Crippen LogP contribution in [0.25, 0.3) is 11.5 Å². The Kier molecular flexibility index (Phi) is 4.19. The van der Waals surface area contributed by atoms with E-state index in [4.69, 9.17) is 4.74 Å². The number of hydrogen-bond donors (Lipinski definition) is 1. The van der Waals surface area contributed by atoms with Crippen molar-refractivity contribution in [3.05, 3.63) is 59.9 Å². The van der Waals surface area contributed by atoms with Gasteiger partial charge in [0.1, 0.15) is 17.3 Å². The first-order valence-corrected chi connectivity index (χ1v) is 7.35. The molecule has 0 radical (unpaired) electrons. The highest BCUT2D eigenvalue weighted by Crippen LogP contribution is 2.24. The normalized spacial score (nSPS) is 10.4. The first-order chi connectivity index (χ1) is 11.2. The van der Waals surface area contributed by atoms with E-state index in [1.54, 1.807) is 13.3 Å². The summed E-state index contributed by atoms with van der Waals surface area (Å²) in [5.74, 6) is 2.22. The zero-order chi connectivity index (χ0) is 16.2. The number of nitrogens with zero attached hydrogens (tertiary/aromatic N) is 3. The zero-order valence-electron chi connectivity index (χ0n) is 13.4. The van der Waals surface area contributed by atoms with Gasteiger partial charge in [0.25, 0.3) is 0 Å². The first kappa shape index (κ1) is 15.0. The van der Waals surface area contributed by atoms with Gasteiger partial charge in [0.2, 0.25) is 0 Å². The Hall–Kier alpha value is -2.95. The van der Waals surface area contributed by atoms with Crippen molar-refractivity contribution in [2.75, 3.05) is 12.4 Å². The van der Waals surface area contributed by atoms with Gasteiger partial charge in [-0.3, -0.25) is 4.98 Å². The van der Waals surface area contributed by atoms with Gasteiger partial charge in [-0.15, -0.1) is 0 Å². The average Bonchev–Trinajstić information content (AvgIpc) is 2.60. The molecular weight excluding hydrogens is 288 g/mol. The Morgan fingerprint density at radius 1 is 0.957 bits per heavy atom. The van der Waals surface area contributed by atoms with Crippen LogP contribution in [-0.4, -0.2) is 22.1 Å². The summed E-state index contributed by atoms with van der Waals surface area (Å²) in [4.78, 5) is 13.5. The minimum atomic E-state index is 0.615. The van der Waals surface area contributed by atoms with Crippen molar-refractivity contribution in [3.63, 3.8) is 0 Å². The summed E-state index contributed by atoms with van der Waals surface area (Å²) in [6, 6.07) is 13.4. The van der Waals surface area contributed by atoms with Gasteiger partial charge >= 0.3 is 0 Å². The summed E-state index contributed by atoms with van der Waals surface area (Å²) < 4.78 is 5.18. The molecule has 0 bridgehead atoms. The number of benzene rings is 1. The van der Waals surface area contributed by atoms with Crippen molar-refractivity contribution in [1.82, 2.24) is 15.0 Å².